The van der Waals surface area contributed by atoms with Gasteiger partial charge in [-0.05, 0) is 0 Å². The van der Waals surface area contributed by atoms with Crippen LogP contribution in [0, 0.1) is 0 Å². The molecule has 35 heavy (non-hydrogen) atoms. The zero-order valence-corrected chi connectivity index (χ0v) is 19.5. The molecule has 5 aromatic rings. The molecule has 1 aliphatic rings. The summed E-state index contributed by atoms with van der Waals surface area (Å²) in [4.78, 5) is 0. The Labute approximate surface area is 208 Å². The summed E-state index contributed by atoms with van der Waals surface area (Å²) in [6.07, 6.45) is 0. The van der Waals surface area contributed by atoms with Crippen LogP contribution in [0.15, 0.2) is 152 Å². The van der Waals surface area contributed by atoms with Gasteiger partial charge in [0.2, 0.25) is 0 Å². The molecule has 1 heteroatoms. The Morgan fingerprint density at radius 2 is 0.743 bits per heavy atom. The second kappa shape index (κ2) is 9.20. The molecule has 0 nitrogen and oxygen atoms in total. The third-order valence-electron chi connectivity index (χ3n) is 6.94. The molecule has 0 bridgehead atoms. The quantitative estimate of drug-likeness (QED) is 0.247. The van der Waals surface area contributed by atoms with Crippen molar-refractivity contribution in [1.82, 2.24) is 0 Å². The molecule has 0 fully saturated rings. The van der Waals surface area contributed by atoms with Gasteiger partial charge in [-0.15, -0.1) is 0 Å². The van der Waals surface area contributed by atoms with Crippen LogP contribution < -0.4 is 0 Å². The topological polar surface area (TPSA) is 0 Å². The summed E-state index contributed by atoms with van der Waals surface area (Å²) in [5, 5.41) is -0.430. The first-order valence-corrected chi connectivity index (χ1v) is 12.1. The predicted octanol–water partition coefficient (Wildman–Crippen LogP) is 7.48. The van der Waals surface area contributed by atoms with Crippen LogP contribution in [0.25, 0.3) is 11.1 Å². The Morgan fingerprint density at radius 3 is 1.20 bits per heavy atom. The van der Waals surface area contributed by atoms with Crippen molar-refractivity contribution in [2.45, 2.75) is 5.31 Å². The van der Waals surface area contributed by atoms with Gasteiger partial charge >= 0.3 is 208 Å². The molecule has 164 valence electrons. The molecule has 0 unspecified atom stereocenters. The van der Waals surface area contributed by atoms with Crippen LogP contribution in [-0.4, -0.2) is 12.4 Å². The monoisotopic (exact) mass is 444 g/mol. The Morgan fingerprint density at radius 1 is 0.371 bits per heavy atom. The summed E-state index contributed by atoms with van der Waals surface area (Å²) in [5.74, 6) is 0. The Kier molecular flexibility index (Phi) is 5.60. The van der Waals surface area contributed by atoms with E-state index >= 15 is 0 Å². The molecule has 0 saturated heterocycles. The summed E-state index contributed by atoms with van der Waals surface area (Å²) < 4.78 is 0. The average molecular weight is 444 g/mol. The van der Waals surface area contributed by atoms with E-state index in [4.69, 9.17) is 0 Å². The standard InChI is InChI=1S/C34H25B/c1-6-16-26(17-7-1)31-32(27-18-8-2-9-19-27)34(29-22-12-4-13-23-29,30-24-14-5-15-25-30)35-33(31)28-20-10-3-11-21-28/h1-25H. The van der Waals surface area contributed by atoms with Crippen molar-refractivity contribution in [2.75, 3.05) is 0 Å². The molecule has 1 aliphatic heterocycles. The fourth-order valence-electron chi connectivity index (χ4n) is 5.44. The van der Waals surface area contributed by atoms with Crippen LogP contribution in [0.5, 0.6) is 0 Å². The summed E-state index contributed by atoms with van der Waals surface area (Å²) in [5.41, 5.74) is 10.1. The molecule has 0 radical (unpaired) electrons. The summed E-state index contributed by atoms with van der Waals surface area (Å²) in [6.45, 7) is 2.50. The minimum absolute atomic E-state index is 0.430. The third-order valence-corrected chi connectivity index (χ3v) is 6.94. The number of rotatable bonds is 5. The van der Waals surface area contributed by atoms with E-state index < -0.39 is 5.31 Å². The van der Waals surface area contributed by atoms with E-state index in [1.807, 2.05) is 0 Å². The fraction of sp³-hybridized carbons (Fsp3) is 0.0294. The molecule has 0 atom stereocenters. The van der Waals surface area contributed by atoms with Crippen LogP contribution in [0.1, 0.15) is 27.8 Å². The van der Waals surface area contributed by atoms with Crippen molar-refractivity contribution in [3.63, 3.8) is 0 Å². The molecule has 0 aromatic heterocycles. The molecule has 0 aliphatic carbocycles. The normalized spacial score (nSPS) is 14.3. The molecule has 0 spiro atoms. The summed E-state index contributed by atoms with van der Waals surface area (Å²) >= 11 is 0. The number of hydrogen-bond donors (Lipinski definition) is 0. The van der Waals surface area contributed by atoms with Gasteiger partial charge in [0.15, 0.2) is 0 Å². The zero-order valence-electron chi connectivity index (χ0n) is 19.5. The van der Waals surface area contributed by atoms with Crippen LogP contribution >= 0.6 is 0 Å². The maximum absolute atomic E-state index is 2.50. The first-order chi connectivity index (χ1) is 17.4. The first kappa shape index (κ1) is 21.3. The fourth-order valence-corrected chi connectivity index (χ4v) is 5.44. The molecular weight excluding hydrogens is 419 g/mol. The van der Waals surface area contributed by atoms with Gasteiger partial charge in [0.05, 0.1) is 0 Å². The molecule has 1 heterocycles. The van der Waals surface area contributed by atoms with Crippen LogP contribution in [0.3, 0.4) is 0 Å². The Hall–Kier alpha value is -4.23. The molecule has 0 amide bonds. The van der Waals surface area contributed by atoms with Crippen LogP contribution in [0.4, 0.5) is 0 Å². The Bertz CT molecular complexity index is 1440. The van der Waals surface area contributed by atoms with E-state index in [0.717, 1.165) is 0 Å². The van der Waals surface area contributed by atoms with Gasteiger partial charge < -0.3 is 0 Å². The van der Waals surface area contributed by atoms with E-state index in [0.29, 0.717) is 0 Å². The van der Waals surface area contributed by atoms with Crippen LogP contribution in [0.2, 0.25) is 0 Å². The second-order valence-electron chi connectivity index (χ2n) is 8.95. The van der Waals surface area contributed by atoms with Crippen molar-refractivity contribution in [3.8, 4) is 0 Å². The van der Waals surface area contributed by atoms with E-state index in [9.17, 15) is 0 Å². The van der Waals surface area contributed by atoms with Crippen molar-refractivity contribution < 1.29 is 0 Å². The summed E-state index contributed by atoms with van der Waals surface area (Å²) in [7, 11) is 0. The van der Waals surface area contributed by atoms with E-state index in [2.05, 4.69) is 159 Å². The van der Waals surface area contributed by atoms with Gasteiger partial charge in [-0.2, -0.15) is 0 Å². The van der Waals surface area contributed by atoms with Gasteiger partial charge in [0, 0.05) is 0 Å². The molecule has 6 rings (SSSR count). The number of benzene rings is 5. The molecule has 0 N–H and O–H groups in total. The van der Waals surface area contributed by atoms with Crippen molar-refractivity contribution in [3.05, 3.63) is 179 Å². The van der Waals surface area contributed by atoms with E-state index in [1.165, 1.54) is 44.4 Å². The zero-order chi connectivity index (χ0) is 23.5. The number of allylic oxidation sites excluding steroid dienone is 2. The minimum atomic E-state index is -0.430. The van der Waals surface area contributed by atoms with Gasteiger partial charge in [0.1, 0.15) is 0 Å². The molecule has 0 saturated carbocycles. The van der Waals surface area contributed by atoms with Gasteiger partial charge in [-0.1, -0.05) is 0 Å². The Balaban J connectivity index is 1.80. The second-order valence-corrected chi connectivity index (χ2v) is 8.95. The predicted molar refractivity (Wildman–Crippen MR) is 150 cm³/mol. The van der Waals surface area contributed by atoms with E-state index in [-0.39, 0.29) is 0 Å². The molecule has 5 aromatic carbocycles. The van der Waals surface area contributed by atoms with Crippen molar-refractivity contribution in [1.29, 1.82) is 0 Å². The van der Waals surface area contributed by atoms with Crippen molar-refractivity contribution >= 4 is 23.5 Å². The third kappa shape index (κ3) is 3.70. The average Bonchev–Trinajstić information content (AvgIpc) is 3.33. The van der Waals surface area contributed by atoms with Gasteiger partial charge in [-0.3, -0.25) is 0 Å². The summed E-state index contributed by atoms with van der Waals surface area (Å²) in [6, 6.07) is 54.4. The van der Waals surface area contributed by atoms with Crippen molar-refractivity contribution in [2.24, 2.45) is 0 Å². The van der Waals surface area contributed by atoms with E-state index in [1.54, 1.807) is 0 Å². The van der Waals surface area contributed by atoms with Gasteiger partial charge in [0.25, 0.3) is 0 Å². The molecular formula is C34H25B. The SMILES string of the molecule is B1=C(c2ccccc2)C(c2ccccc2)=C(c2ccccc2)C1(c1ccccc1)c1ccccc1. The first-order valence-electron chi connectivity index (χ1n) is 12.1. The van der Waals surface area contributed by atoms with Crippen LogP contribution in [-0.2, 0) is 5.31 Å². The van der Waals surface area contributed by atoms with Gasteiger partial charge in [-0.25, -0.2) is 0 Å². The maximum atomic E-state index is 2.50. The number of hydrogen-bond acceptors (Lipinski definition) is 0.